The van der Waals surface area contributed by atoms with Gasteiger partial charge in [0.2, 0.25) is 0 Å². The molecule has 0 aromatic heterocycles. The van der Waals surface area contributed by atoms with Gasteiger partial charge in [-0.2, -0.15) is 0 Å². The van der Waals surface area contributed by atoms with E-state index < -0.39 is 0 Å². The van der Waals surface area contributed by atoms with Crippen molar-refractivity contribution in [1.29, 1.82) is 0 Å². The first kappa shape index (κ1) is 7.37. The van der Waals surface area contributed by atoms with Crippen molar-refractivity contribution in [3.63, 3.8) is 0 Å². The van der Waals surface area contributed by atoms with E-state index in [-0.39, 0.29) is 0 Å². The summed E-state index contributed by atoms with van der Waals surface area (Å²) in [6.07, 6.45) is 5.26. The summed E-state index contributed by atoms with van der Waals surface area (Å²) in [6, 6.07) is 7.89. The normalized spacial score (nSPS) is 8.80. The highest BCUT2D eigenvalue weighted by Crippen LogP contribution is 2.10. The van der Waals surface area contributed by atoms with E-state index in [9.17, 15) is 0 Å². The predicted molar refractivity (Wildman–Crippen MR) is 47.0 cm³/mol. The highest BCUT2D eigenvalue weighted by Gasteiger charge is 1.93. The molecule has 0 saturated carbocycles. The second-order valence-electron chi connectivity index (χ2n) is 1.94. The van der Waals surface area contributed by atoms with Crippen molar-refractivity contribution in [2.24, 2.45) is 0 Å². The van der Waals surface area contributed by atoms with Gasteiger partial charge in [0.25, 0.3) is 0 Å². The monoisotopic (exact) mass is 194 g/mol. The number of terminal acetylenes is 1. The van der Waals surface area contributed by atoms with E-state index in [0.29, 0.717) is 0 Å². The van der Waals surface area contributed by atoms with E-state index in [1.54, 1.807) is 0 Å². The van der Waals surface area contributed by atoms with Crippen molar-refractivity contribution in [3.8, 4) is 12.3 Å². The molecule has 0 atom stereocenters. The molecule has 0 amide bonds. The molecule has 0 spiro atoms. The molecule has 1 rings (SSSR count). The van der Waals surface area contributed by atoms with Crippen molar-refractivity contribution in [2.75, 3.05) is 0 Å². The fourth-order valence-electron chi connectivity index (χ4n) is 0.778. The van der Waals surface area contributed by atoms with Crippen LogP contribution in [0.2, 0.25) is 0 Å². The average Bonchev–Trinajstić information content (AvgIpc) is 2.04. The lowest BCUT2D eigenvalue weighted by molar-refractivity contribution is 1.41. The third-order valence-corrected chi connectivity index (χ3v) is 1.92. The Labute approximate surface area is 69.4 Å². The second kappa shape index (κ2) is 3.43. The first-order valence-corrected chi connectivity index (χ1v) is 4.11. The molecule has 10 heavy (non-hydrogen) atoms. The summed E-state index contributed by atoms with van der Waals surface area (Å²) in [4.78, 5) is 0. The number of alkyl halides is 1. The van der Waals surface area contributed by atoms with Crippen LogP contribution in [0.4, 0.5) is 0 Å². The topological polar surface area (TPSA) is 0 Å². The zero-order valence-electron chi connectivity index (χ0n) is 5.47. The molecule has 1 heteroatoms. The van der Waals surface area contributed by atoms with Gasteiger partial charge >= 0.3 is 0 Å². The first-order chi connectivity index (χ1) is 4.88. The van der Waals surface area contributed by atoms with Gasteiger partial charge in [0.05, 0.1) is 0 Å². The molecule has 1 aromatic rings. The van der Waals surface area contributed by atoms with Crippen molar-refractivity contribution in [1.82, 2.24) is 0 Å². The van der Waals surface area contributed by atoms with Crippen LogP contribution in [0.1, 0.15) is 11.1 Å². The van der Waals surface area contributed by atoms with E-state index >= 15 is 0 Å². The molecule has 0 fully saturated rings. The fraction of sp³-hybridized carbons (Fsp3) is 0.111. The van der Waals surface area contributed by atoms with Crippen molar-refractivity contribution < 1.29 is 0 Å². The van der Waals surface area contributed by atoms with Crippen LogP contribution in [0.5, 0.6) is 0 Å². The molecule has 0 saturated heterocycles. The fourth-order valence-corrected chi connectivity index (χ4v) is 1.27. The Morgan fingerprint density at radius 3 is 2.60 bits per heavy atom. The van der Waals surface area contributed by atoms with E-state index in [1.165, 1.54) is 5.56 Å². The number of benzene rings is 1. The number of hydrogen-bond acceptors (Lipinski definition) is 0. The predicted octanol–water partition coefficient (Wildman–Crippen LogP) is 2.56. The number of hydrogen-bond donors (Lipinski definition) is 0. The molecular weight excluding hydrogens is 188 g/mol. The Hall–Kier alpha value is -0.740. The molecule has 50 valence electrons. The summed E-state index contributed by atoms with van der Waals surface area (Å²) < 4.78 is 0. The largest absolute Gasteiger partial charge is 0.115 e. The molecule has 0 N–H and O–H groups in total. The third kappa shape index (κ3) is 1.40. The van der Waals surface area contributed by atoms with Crippen LogP contribution in [0.15, 0.2) is 24.3 Å². The maximum atomic E-state index is 5.26. The van der Waals surface area contributed by atoms with Gasteiger partial charge in [-0.15, -0.1) is 6.42 Å². The minimum absolute atomic E-state index is 0.827. The van der Waals surface area contributed by atoms with Gasteiger partial charge in [-0.1, -0.05) is 40.0 Å². The van der Waals surface area contributed by atoms with Gasteiger partial charge < -0.3 is 0 Å². The molecule has 0 radical (unpaired) electrons. The molecule has 0 bridgehead atoms. The Balaban J connectivity index is 3.12. The standard InChI is InChI=1S/C9H7Br/c1-2-8-5-3-4-6-9(8)7-10/h1,3-6H,7H2. The van der Waals surface area contributed by atoms with Gasteiger partial charge in [-0.3, -0.25) is 0 Å². The molecule has 0 nitrogen and oxygen atoms in total. The van der Waals surface area contributed by atoms with Crippen LogP contribution in [-0.4, -0.2) is 0 Å². The lowest BCUT2D eigenvalue weighted by atomic mass is 10.1. The van der Waals surface area contributed by atoms with Gasteiger partial charge in [0.15, 0.2) is 0 Å². The lowest BCUT2D eigenvalue weighted by Crippen LogP contribution is -1.82. The van der Waals surface area contributed by atoms with Gasteiger partial charge in [0, 0.05) is 10.9 Å². The highest BCUT2D eigenvalue weighted by molar-refractivity contribution is 9.08. The maximum Gasteiger partial charge on any atom is 0.0295 e. The van der Waals surface area contributed by atoms with E-state index in [1.807, 2.05) is 24.3 Å². The van der Waals surface area contributed by atoms with Gasteiger partial charge in [-0.05, 0) is 11.6 Å². The minimum atomic E-state index is 0.827. The van der Waals surface area contributed by atoms with Crippen LogP contribution >= 0.6 is 15.9 Å². The van der Waals surface area contributed by atoms with E-state index in [0.717, 1.165) is 10.9 Å². The van der Waals surface area contributed by atoms with Crippen LogP contribution in [0.3, 0.4) is 0 Å². The van der Waals surface area contributed by atoms with Gasteiger partial charge in [-0.25, -0.2) is 0 Å². The smallest absolute Gasteiger partial charge is 0.0295 e. The van der Waals surface area contributed by atoms with E-state index in [2.05, 4.69) is 21.9 Å². The average molecular weight is 195 g/mol. The van der Waals surface area contributed by atoms with Crippen LogP contribution in [0, 0.1) is 12.3 Å². The molecular formula is C9H7Br. The van der Waals surface area contributed by atoms with Crippen molar-refractivity contribution >= 4 is 15.9 Å². The quantitative estimate of drug-likeness (QED) is 0.477. The van der Waals surface area contributed by atoms with Crippen LogP contribution in [-0.2, 0) is 5.33 Å². The summed E-state index contributed by atoms with van der Waals surface area (Å²) in [6.45, 7) is 0. The Bertz CT molecular complexity index is 258. The molecule has 0 aliphatic heterocycles. The highest BCUT2D eigenvalue weighted by atomic mass is 79.9. The maximum absolute atomic E-state index is 5.26. The van der Waals surface area contributed by atoms with Crippen molar-refractivity contribution in [3.05, 3.63) is 35.4 Å². The summed E-state index contributed by atoms with van der Waals surface area (Å²) in [5, 5.41) is 0.827. The van der Waals surface area contributed by atoms with Crippen molar-refractivity contribution in [2.45, 2.75) is 5.33 Å². The first-order valence-electron chi connectivity index (χ1n) is 2.99. The number of rotatable bonds is 1. The summed E-state index contributed by atoms with van der Waals surface area (Å²) in [7, 11) is 0. The zero-order valence-corrected chi connectivity index (χ0v) is 7.06. The molecule has 0 aliphatic rings. The van der Waals surface area contributed by atoms with Crippen LogP contribution < -0.4 is 0 Å². The lowest BCUT2D eigenvalue weighted by Gasteiger charge is -1.96. The SMILES string of the molecule is C#Cc1ccccc1CBr. The third-order valence-electron chi connectivity index (χ3n) is 1.32. The molecule has 0 unspecified atom stereocenters. The number of halogens is 1. The molecule has 1 aromatic carbocycles. The molecule has 0 heterocycles. The zero-order chi connectivity index (χ0) is 7.40. The van der Waals surface area contributed by atoms with E-state index in [4.69, 9.17) is 6.42 Å². The second-order valence-corrected chi connectivity index (χ2v) is 2.50. The van der Waals surface area contributed by atoms with Gasteiger partial charge in [0.1, 0.15) is 0 Å². The Morgan fingerprint density at radius 1 is 1.40 bits per heavy atom. The Morgan fingerprint density at radius 2 is 2.10 bits per heavy atom. The summed E-state index contributed by atoms with van der Waals surface area (Å²) in [5.74, 6) is 2.62. The minimum Gasteiger partial charge on any atom is -0.115 e. The summed E-state index contributed by atoms with van der Waals surface area (Å²) in [5.41, 5.74) is 2.14. The molecule has 0 aliphatic carbocycles. The van der Waals surface area contributed by atoms with Crippen LogP contribution in [0.25, 0.3) is 0 Å². The summed E-state index contributed by atoms with van der Waals surface area (Å²) >= 11 is 3.35. The Kier molecular flexibility index (Phi) is 2.53.